The Kier molecular flexibility index (Phi) is 6.46. The molecule has 1 aromatic rings. The maximum atomic E-state index is 10.1. The average Bonchev–Trinajstić information content (AvgIpc) is 2.36. The van der Waals surface area contributed by atoms with Gasteiger partial charge in [0.1, 0.15) is 5.75 Å². The first kappa shape index (κ1) is 17.0. The van der Waals surface area contributed by atoms with Crippen LogP contribution in [0.25, 0.3) is 0 Å². The molecule has 0 heterocycles. The number of aliphatic hydroxyl groups excluding tert-OH is 2. The predicted octanol–water partition coefficient (Wildman–Crippen LogP) is 2.12. The van der Waals surface area contributed by atoms with Crippen LogP contribution in [0.5, 0.6) is 5.75 Å². The largest absolute Gasteiger partial charge is 0.497 e. The van der Waals surface area contributed by atoms with Crippen molar-refractivity contribution in [1.82, 2.24) is 5.32 Å². The van der Waals surface area contributed by atoms with E-state index in [1.165, 1.54) is 0 Å². The molecule has 3 N–H and O–H groups in total. The minimum Gasteiger partial charge on any atom is -0.497 e. The zero-order valence-corrected chi connectivity index (χ0v) is 12.9. The lowest BCUT2D eigenvalue weighted by atomic mass is 9.89. The second-order valence-corrected chi connectivity index (χ2v) is 6.37. The maximum Gasteiger partial charge on any atom is 0.119 e. The summed E-state index contributed by atoms with van der Waals surface area (Å²) >= 11 is 0. The topological polar surface area (TPSA) is 61.7 Å². The maximum absolute atomic E-state index is 10.1. The lowest BCUT2D eigenvalue weighted by Crippen LogP contribution is -2.32. The highest BCUT2D eigenvalue weighted by atomic mass is 16.5. The van der Waals surface area contributed by atoms with Crippen LogP contribution >= 0.6 is 0 Å². The average molecular weight is 281 g/mol. The van der Waals surface area contributed by atoms with E-state index in [1.54, 1.807) is 7.11 Å². The van der Waals surface area contributed by atoms with Crippen molar-refractivity contribution < 1.29 is 14.9 Å². The van der Waals surface area contributed by atoms with E-state index < -0.39 is 12.2 Å². The molecule has 1 rings (SSSR count). The molecule has 0 aliphatic heterocycles. The number of nitrogens with one attached hydrogen (secondary N) is 1. The Bertz CT molecular complexity index is 401. The van der Waals surface area contributed by atoms with E-state index in [9.17, 15) is 10.2 Å². The van der Waals surface area contributed by atoms with Crippen molar-refractivity contribution in [2.75, 3.05) is 20.2 Å². The Balaban J connectivity index is 2.37. The molecule has 0 spiro atoms. The zero-order chi connectivity index (χ0) is 15.2. The van der Waals surface area contributed by atoms with Gasteiger partial charge in [0, 0.05) is 13.1 Å². The monoisotopic (exact) mass is 281 g/mol. The molecule has 4 nitrogen and oxygen atoms in total. The van der Waals surface area contributed by atoms with Crippen LogP contribution in [0.1, 0.15) is 38.9 Å². The highest BCUT2D eigenvalue weighted by Gasteiger charge is 2.16. The summed E-state index contributed by atoms with van der Waals surface area (Å²) in [5, 5.41) is 23.1. The Morgan fingerprint density at radius 2 is 1.90 bits per heavy atom. The number of methoxy groups -OCH3 is 1. The minimum atomic E-state index is -0.605. The van der Waals surface area contributed by atoms with Gasteiger partial charge in [-0.2, -0.15) is 0 Å². The van der Waals surface area contributed by atoms with Crippen LogP contribution < -0.4 is 10.1 Å². The first-order valence-corrected chi connectivity index (χ1v) is 7.02. The molecule has 0 aliphatic carbocycles. The first-order chi connectivity index (χ1) is 9.31. The molecule has 0 aromatic heterocycles. The normalized spacial score (nSPS) is 14.9. The van der Waals surface area contributed by atoms with Gasteiger partial charge in [-0.05, 0) is 29.5 Å². The lowest BCUT2D eigenvalue weighted by Gasteiger charge is -2.23. The predicted molar refractivity (Wildman–Crippen MR) is 80.9 cm³/mol. The van der Waals surface area contributed by atoms with Crippen molar-refractivity contribution in [3.05, 3.63) is 29.8 Å². The fourth-order valence-electron chi connectivity index (χ4n) is 2.13. The van der Waals surface area contributed by atoms with E-state index in [0.717, 1.165) is 17.7 Å². The summed E-state index contributed by atoms with van der Waals surface area (Å²) < 4.78 is 5.13. The van der Waals surface area contributed by atoms with Gasteiger partial charge in [0.05, 0.1) is 19.3 Å². The summed E-state index contributed by atoms with van der Waals surface area (Å²) in [5.41, 5.74) is 0.911. The molecular weight excluding hydrogens is 254 g/mol. The molecular formula is C16H27NO3. The van der Waals surface area contributed by atoms with Crippen molar-refractivity contribution in [2.24, 2.45) is 5.41 Å². The molecule has 2 atom stereocenters. The van der Waals surface area contributed by atoms with Gasteiger partial charge < -0.3 is 20.3 Å². The molecule has 4 heteroatoms. The fourth-order valence-corrected chi connectivity index (χ4v) is 2.13. The van der Waals surface area contributed by atoms with E-state index in [2.05, 4.69) is 26.1 Å². The number of rotatable bonds is 7. The van der Waals surface area contributed by atoms with Crippen LogP contribution in [0.15, 0.2) is 24.3 Å². The molecule has 0 saturated heterocycles. The quantitative estimate of drug-likeness (QED) is 0.716. The SMILES string of the molecule is COc1cccc(C(O)CNCC(O)CC(C)(C)C)c1. The van der Waals surface area contributed by atoms with E-state index in [4.69, 9.17) is 4.74 Å². The minimum absolute atomic E-state index is 0.104. The third kappa shape index (κ3) is 6.37. The van der Waals surface area contributed by atoms with Crippen LogP contribution in [-0.2, 0) is 0 Å². The molecule has 0 amide bonds. The molecule has 2 unspecified atom stereocenters. The van der Waals surface area contributed by atoms with Crippen molar-refractivity contribution >= 4 is 0 Å². The molecule has 0 saturated carbocycles. The zero-order valence-electron chi connectivity index (χ0n) is 12.9. The van der Waals surface area contributed by atoms with Crippen molar-refractivity contribution in [3.8, 4) is 5.75 Å². The lowest BCUT2D eigenvalue weighted by molar-refractivity contribution is 0.111. The van der Waals surface area contributed by atoms with E-state index in [1.807, 2.05) is 24.3 Å². The van der Waals surface area contributed by atoms with Gasteiger partial charge >= 0.3 is 0 Å². The van der Waals surface area contributed by atoms with E-state index in [-0.39, 0.29) is 5.41 Å². The van der Waals surface area contributed by atoms with Crippen LogP contribution in [0.2, 0.25) is 0 Å². The summed E-state index contributed by atoms with van der Waals surface area (Å²) in [6.45, 7) is 7.19. The van der Waals surface area contributed by atoms with Crippen LogP contribution in [0, 0.1) is 5.41 Å². The molecule has 0 radical (unpaired) electrons. The Morgan fingerprint density at radius 3 is 2.50 bits per heavy atom. The number of aliphatic hydroxyl groups is 2. The van der Waals surface area contributed by atoms with Crippen molar-refractivity contribution in [3.63, 3.8) is 0 Å². The summed E-state index contributed by atoms with van der Waals surface area (Å²) in [6.07, 6.45) is -0.269. The third-order valence-corrected chi connectivity index (χ3v) is 3.04. The highest BCUT2D eigenvalue weighted by molar-refractivity contribution is 5.29. The van der Waals surface area contributed by atoms with E-state index in [0.29, 0.717) is 13.1 Å². The van der Waals surface area contributed by atoms with Gasteiger partial charge in [-0.25, -0.2) is 0 Å². The van der Waals surface area contributed by atoms with Crippen molar-refractivity contribution in [2.45, 2.75) is 39.4 Å². The Morgan fingerprint density at radius 1 is 1.20 bits per heavy atom. The van der Waals surface area contributed by atoms with E-state index >= 15 is 0 Å². The van der Waals surface area contributed by atoms with Gasteiger partial charge in [0.2, 0.25) is 0 Å². The van der Waals surface area contributed by atoms with Gasteiger partial charge in [0.15, 0.2) is 0 Å². The summed E-state index contributed by atoms with van der Waals surface area (Å²) in [7, 11) is 1.60. The van der Waals surface area contributed by atoms with Gasteiger partial charge in [-0.3, -0.25) is 0 Å². The van der Waals surface area contributed by atoms with Gasteiger partial charge in [0.25, 0.3) is 0 Å². The molecule has 0 bridgehead atoms. The van der Waals surface area contributed by atoms with Crippen LogP contribution in [-0.4, -0.2) is 36.5 Å². The number of hydrogen-bond donors (Lipinski definition) is 3. The van der Waals surface area contributed by atoms with Gasteiger partial charge in [-0.15, -0.1) is 0 Å². The number of ether oxygens (including phenoxy) is 1. The molecule has 1 aromatic carbocycles. The first-order valence-electron chi connectivity index (χ1n) is 7.02. The molecule has 114 valence electrons. The Labute approximate surface area is 121 Å². The van der Waals surface area contributed by atoms with Gasteiger partial charge in [-0.1, -0.05) is 32.9 Å². The van der Waals surface area contributed by atoms with Crippen LogP contribution in [0.3, 0.4) is 0 Å². The second-order valence-electron chi connectivity index (χ2n) is 6.37. The summed E-state index contributed by atoms with van der Waals surface area (Å²) in [5.74, 6) is 0.731. The molecule has 20 heavy (non-hydrogen) atoms. The summed E-state index contributed by atoms with van der Waals surface area (Å²) in [4.78, 5) is 0. The number of hydrogen-bond acceptors (Lipinski definition) is 4. The number of benzene rings is 1. The van der Waals surface area contributed by atoms with Crippen molar-refractivity contribution in [1.29, 1.82) is 0 Å². The summed E-state index contributed by atoms with van der Waals surface area (Å²) in [6, 6.07) is 7.38. The molecule has 0 fully saturated rings. The standard InChI is InChI=1S/C16H27NO3/c1-16(2,3)9-13(18)10-17-11-15(19)12-6-5-7-14(8-12)20-4/h5-8,13,15,17-19H,9-11H2,1-4H3. The Hall–Kier alpha value is -1.10. The second kappa shape index (κ2) is 7.62. The highest BCUT2D eigenvalue weighted by Crippen LogP contribution is 2.21. The smallest absolute Gasteiger partial charge is 0.119 e. The third-order valence-electron chi connectivity index (χ3n) is 3.04. The fraction of sp³-hybridized carbons (Fsp3) is 0.625. The van der Waals surface area contributed by atoms with Crippen LogP contribution in [0.4, 0.5) is 0 Å². The molecule has 0 aliphatic rings.